The van der Waals surface area contributed by atoms with Gasteiger partial charge >= 0.3 is 5.97 Å². The monoisotopic (exact) mass is 532 g/mol. The molecular formula is C27H40N4O7. The van der Waals surface area contributed by atoms with E-state index in [1.54, 1.807) is 25.7 Å². The highest BCUT2D eigenvalue weighted by Gasteiger charge is 2.25. The van der Waals surface area contributed by atoms with Gasteiger partial charge < -0.3 is 30.9 Å². The summed E-state index contributed by atoms with van der Waals surface area (Å²) in [6, 6.07) is 8.17. The van der Waals surface area contributed by atoms with Gasteiger partial charge in [-0.05, 0) is 51.3 Å². The zero-order valence-electron chi connectivity index (χ0n) is 22.3. The standard InChI is InChI=1S/C27H40N4O7/c1-27(2,3)38-25(36)18-29-26(37)20(16-19-10-6-4-7-11-19)30-22(33)17-28-21(32)12-8-5-9-15-31-23(34)13-14-24(31)35/h4,6-7,10-11,13-14,20,23-24,34-35H,5,8-9,12,15-18H2,1-3H3,(H,28,32)(H,29,37)(H,30,33)/t20-,23?,24?/m0/s1. The van der Waals surface area contributed by atoms with Gasteiger partial charge in [0.1, 0.15) is 30.6 Å². The maximum atomic E-state index is 12.8. The number of nitrogens with one attached hydrogen (secondary N) is 3. The summed E-state index contributed by atoms with van der Waals surface area (Å²) in [6.45, 7) is 5.05. The van der Waals surface area contributed by atoms with Crippen LogP contribution in [-0.4, -0.2) is 82.5 Å². The molecule has 3 atom stereocenters. The maximum absolute atomic E-state index is 12.8. The Kier molecular flexibility index (Phi) is 12.4. The van der Waals surface area contributed by atoms with Gasteiger partial charge in [-0.15, -0.1) is 0 Å². The molecule has 2 rings (SSSR count). The normalized spacial score (nSPS) is 18.0. The van der Waals surface area contributed by atoms with E-state index < -0.39 is 41.9 Å². The van der Waals surface area contributed by atoms with Crippen molar-refractivity contribution in [1.29, 1.82) is 0 Å². The van der Waals surface area contributed by atoms with Crippen LogP contribution in [0.3, 0.4) is 0 Å². The summed E-state index contributed by atoms with van der Waals surface area (Å²) in [5.41, 5.74) is 0.132. The number of carbonyl (C=O) groups is 4. The molecule has 1 aromatic carbocycles. The molecule has 1 aromatic rings. The third-order valence-electron chi connectivity index (χ3n) is 5.66. The van der Waals surface area contributed by atoms with E-state index in [-0.39, 0.29) is 31.8 Å². The van der Waals surface area contributed by atoms with Gasteiger partial charge in [-0.1, -0.05) is 36.8 Å². The molecule has 11 nitrogen and oxygen atoms in total. The van der Waals surface area contributed by atoms with Crippen LogP contribution in [0.5, 0.6) is 0 Å². The molecule has 0 spiro atoms. The Bertz CT molecular complexity index is 950. The molecule has 5 N–H and O–H groups in total. The van der Waals surface area contributed by atoms with E-state index in [1.807, 2.05) is 30.3 Å². The highest BCUT2D eigenvalue weighted by atomic mass is 16.6. The lowest BCUT2D eigenvalue weighted by molar-refractivity contribution is -0.154. The Morgan fingerprint density at radius 3 is 2.21 bits per heavy atom. The number of amides is 3. The van der Waals surface area contributed by atoms with Crippen molar-refractivity contribution >= 4 is 23.7 Å². The van der Waals surface area contributed by atoms with Gasteiger partial charge in [0, 0.05) is 19.4 Å². The van der Waals surface area contributed by atoms with Crippen molar-refractivity contribution in [2.45, 2.75) is 77.0 Å². The number of nitrogens with zero attached hydrogens (tertiary/aromatic N) is 1. The Morgan fingerprint density at radius 2 is 1.58 bits per heavy atom. The molecule has 38 heavy (non-hydrogen) atoms. The largest absolute Gasteiger partial charge is 0.459 e. The van der Waals surface area contributed by atoms with Gasteiger partial charge in [0.2, 0.25) is 17.7 Å². The SMILES string of the molecule is CC(C)(C)OC(=O)CNC(=O)[C@H](Cc1ccccc1)NC(=O)CNC(=O)CCCCCN1C(O)C=CC1O. The van der Waals surface area contributed by atoms with Gasteiger partial charge in [-0.3, -0.25) is 19.2 Å². The van der Waals surface area contributed by atoms with E-state index in [0.717, 1.165) is 5.56 Å². The van der Waals surface area contributed by atoms with Crippen molar-refractivity contribution in [2.24, 2.45) is 0 Å². The van der Waals surface area contributed by atoms with Gasteiger partial charge in [-0.25, -0.2) is 4.90 Å². The topological polar surface area (TPSA) is 157 Å². The van der Waals surface area contributed by atoms with Crippen LogP contribution in [0.4, 0.5) is 0 Å². The first-order chi connectivity index (χ1) is 17.9. The molecule has 210 valence electrons. The van der Waals surface area contributed by atoms with Crippen LogP contribution >= 0.6 is 0 Å². The minimum Gasteiger partial charge on any atom is -0.459 e. The van der Waals surface area contributed by atoms with Crippen molar-refractivity contribution in [1.82, 2.24) is 20.9 Å². The lowest BCUT2D eigenvalue weighted by Gasteiger charge is -2.23. The Morgan fingerprint density at radius 1 is 0.921 bits per heavy atom. The minimum absolute atomic E-state index is 0.205. The second kappa shape index (κ2) is 15.2. The summed E-state index contributed by atoms with van der Waals surface area (Å²) >= 11 is 0. The number of aliphatic hydroxyl groups excluding tert-OH is 2. The van der Waals surface area contributed by atoms with Gasteiger partial charge in [0.05, 0.1) is 6.54 Å². The number of benzene rings is 1. The van der Waals surface area contributed by atoms with Crippen molar-refractivity contribution in [2.75, 3.05) is 19.6 Å². The zero-order chi connectivity index (χ0) is 28.1. The van der Waals surface area contributed by atoms with Crippen LogP contribution in [-0.2, 0) is 30.3 Å². The summed E-state index contributed by atoms with van der Waals surface area (Å²) in [7, 11) is 0. The molecule has 1 aliphatic rings. The lowest BCUT2D eigenvalue weighted by Crippen LogP contribution is -2.51. The van der Waals surface area contributed by atoms with Crippen molar-refractivity contribution in [3.63, 3.8) is 0 Å². The van der Waals surface area contributed by atoms with Crippen LogP contribution in [0.15, 0.2) is 42.5 Å². The Balaban J connectivity index is 1.75. The zero-order valence-corrected chi connectivity index (χ0v) is 22.3. The molecule has 2 unspecified atom stereocenters. The van der Waals surface area contributed by atoms with E-state index >= 15 is 0 Å². The Hall–Kier alpha value is -3.28. The van der Waals surface area contributed by atoms with Crippen LogP contribution in [0.1, 0.15) is 52.0 Å². The molecule has 0 fully saturated rings. The summed E-state index contributed by atoms with van der Waals surface area (Å²) in [4.78, 5) is 50.9. The van der Waals surface area contributed by atoms with Crippen molar-refractivity contribution in [3.05, 3.63) is 48.0 Å². The molecule has 1 heterocycles. The van der Waals surface area contributed by atoms with Gasteiger partial charge in [0.15, 0.2) is 0 Å². The Labute approximate surface area is 223 Å². The fourth-order valence-electron chi connectivity index (χ4n) is 3.83. The summed E-state index contributed by atoms with van der Waals surface area (Å²) in [5.74, 6) is -1.96. The molecule has 0 aliphatic carbocycles. The van der Waals surface area contributed by atoms with Crippen LogP contribution in [0.25, 0.3) is 0 Å². The molecule has 1 aliphatic heterocycles. The summed E-state index contributed by atoms with van der Waals surface area (Å²) < 4.78 is 5.20. The number of hydrogen-bond donors (Lipinski definition) is 5. The van der Waals surface area contributed by atoms with Crippen molar-refractivity contribution in [3.8, 4) is 0 Å². The second-order valence-electron chi connectivity index (χ2n) is 10.2. The first-order valence-electron chi connectivity index (χ1n) is 12.8. The number of esters is 1. The van der Waals surface area contributed by atoms with Gasteiger partial charge in [0.25, 0.3) is 0 Å². The average molecular weight is 533 g/mol. The molecule has 3 amide bonds. The first-order valence-corrected chi connectivity index (χ1v) is 12.8. The van der Waals surface area contributed by atoms with E-state index in [2.05, 4.69) is 16.0 Å². The molecule has 11 heteroatoms. The molecule has 0 saturated carbocycles. The van der Waals surface area contributed by atoms with Crippen LogP contribution in [0.2, 0.25) is 0 Å². The average Bonchev–Trinajstić information content (AvgIpc) is 3.17. The number of unbranched alkanes of at least 4 members (excludes halogenated alkanes) is 2. The molecular weight excluding hydrogens is 492 g/mol. The molecule has 0 bridgehead atoms. The van der Waals surface area contributed by atoms with E-state index in [9.17, 15) is 29.4 Å². The molecule has 0 aromatic heterocycles. The van der Waals surface area contributed by atoms with Crippen LogP contribution < -0.4 is 16.0 Å². The third kappa shape index (κ3) is 11.8. The highest BCUT2D eigenvalue weighted by Crippen LogP contribution is 2.14. The number of rotatable bonds is 14. The quantitative estimate of drug-likeness (QED) is 0.131. The van der Waals surface area contributed by atoms with Crippen molar-refractivity contribution < 1.29 is 34.1 Å². The molecule has 0 saturated heterocycles. The summed E-state index contributed by atoms with van der Waals surface area (Å²) in [6.07, 6.45) is 3.89. The predicted molar refractivity (Wildman–Crippen MR) is 140 cm³/mol. The number of hydrogen-bond acceptors (Lipinski definition) is 8. The number of aliphatic hydroxyl groups is 2. The predicted octanol–water partition coefficient (Wildman–Crippen LogP) is 0.357. The third-order valence-corrected chi connectivity index (χ3v) is 5.66. The highest BCUT2D eigenvalue weighted by molar-refractivity contribution is 5.91. The first kappa shape index (κ1) is 30.9. The summed E-state index contributed by atoms with van der Waals surface area (Å²) in [5, 5.41) is 27.2. The number of ether oxygens (including phenoxy) is 1. The smallest absolute Gasteiger partial charge is 0.325 e. The minimum atomic E-state index is -0.949. The van der Waals surface area contributed by atoms with Gasteiger partial charge in [-0.2, -0.15) is 0 Å². The lowest BCUT2D eigenvalue weighted by atomic mass is 10.1. The fourth-order valence-corrected chi connectivity index (χ4v) is 3.83. The maximum Gasteiger partial charge on any atom is 0.325 e. The van der Waals surface area contributed by atoms with E-state index in [1.165, 1.54) is 12.2 Å². The van der Waals surface area contributed by atoms with E-state index in [0.29, 0.717) is 25.8 Å². The second-order valence-corrected chi connectivity index (χ2v) is 10.2. The molecule has 0 radical (unpaired) electrons. The fraction of sp³-hybridized carbons (Fsp3) is 0.556. The number of carbonyl (C=O) groups excluding carboxylic acids is 4. The van der Waals surface area contributed by atoms with E-state index in [4.69, 9.17) is 4.74 Å². The van der Waals surface area contributed by atoms with Crippen LogP contribution in [0, 0.1) is 0 Å².